The fraction of sp³-hybridized carbons (Fsp3) is 0.875. The van der Waals surface area contributed by atoms with Crippen LogP contribution >= 0.6 is 0 Å². The van der Waals surface area contributed by atoms with E-state index in [1.54, 1.807) is 0 Å². The molecule has 0 saturated heterocycles. The predicted molar refractivity (Wildman–Crippen MR) is 83.2 cm³/mol. The van der Waals surface area contributed by atoms with Crippen molar-refractivity contribution < 1.29 is 19.1 Å². The summed E-state index contributed by atoms with van der Waals surface area (Å²) in [5.41, 5.74) is -0.376. The largest absolute Gasteiger partial charge is 0.377 e. The van der Waals surface area contributed by atoms with Crippen molar-refractivity contribution in [2.75, 3.05) is 33.0 Å². The molecule has 5 nitrogen and oxygen atoms in total. The highest BCUT2D eigenvalue weighted by Crippen LogP contribution is 2.18. The lowest BCUT2D eigenvalue weighted by molar-refractivity contribution is -0.129. The standard InChI is InChI=1S/C16H31NO4/c1-15(2,3)11-13(18)12-21-10-9-20-8-7-17-14(19)16(4,5)6/h7-12H2,1-6H3,(H,17,19). The number of carbonyl (C=O) groups excluding carboxylic acids is 2. The molecular weight excluding hydrogens is 270 g/mol. The third kappa shape index (κ3) is 12.5. The highest BCUT2D eigenvalue weighted by molar-refractivity contribution is 5.81. The van der Waals surface area contributed by atoms with Gasteiger partial charge >= 0.3 is 0 Å². The first kappa shape index (κ1) is 20.1. The van der Waals surface area contributed by atoms with Gasteiger partial charge in [-0.3, -0.25) is 9.59 Å². The van der Waals surface area contributed by atoms with Crippen molar-refractivity contribution in [1.29, 1.82) is 0 Å². The van der Waals surface area contributed by atoms with Gasteiger partial charge in [0.1, 0.15) is 6.61 Å². The van der Waals surface area contributed by atoms with E-state index in [2.05, 4.69) is 5.32 Å². The second-order valence-electron chi connectivity index (χ2n) is 7.45. The highest BCUT2D eigenvalue weighted by atomic mass is 16.5. The van der Waals surface area contributed by atoms with E-state index in [-0.39, 0.29) is 29.1 Å². The number of amides is 1. The van der Waals surface area contributed by atoms with Gasteiger partial charge in [-0.25, -0.2) is 0 Å². The van der Waals surface area contributed by atoms with E-state index in [9.17, 15) is 9.59 Å². The predicted octanol–water partition coefficient (Wildman–Crippen LogP) is 2.19. The molecule has 21 heavy (non-hydrogen) atoms. The molecule has 0 unspecified atom stereocenters. The van der Waals surface area contributed by atoms with Crippen LogP contribution in [0, 0.1) is 10.8 Å². The molecule has 0 aromatic rings. The smallest absolute Gasteiger partial charge is 0.225 e. The molecule has 0 rings (SSSR count). The van der Waals surface area contributed by atoms with Crippen molar-refractivity contribution in [3.05, 3.63) is 0 Å². The van der Waals surface area contributed by atoms with Crippen LogP contribution in [0.2, 0.25) is 0 Å². The van der Waals surface area contributed by atoms with Crippen LogP contribution in [-0.2, 0) is 19.1 Å². The lowest BCUT2D eigenvalue weighted by Crippen LogP contribution is -2.36. The summed E-state index contributed by atoms with van der Waals surface area (Å²) < 4.78 is 10.6. The first-order valence-electron chi connectivity index (χ1n) is 7.48. The van der Waals surface area contributed by atoms with E-state index in [4.69, 9.17) is 9.47 Å². The normalized spacial score (nSPS) is 12.3. The zero-order chi connectivity index (χ0) is 16.5. The highest BCUT2D eigenvalue weighted by Gasteiger charge is 2.20. The van der Waals surface area contributed by atoms with Crippen molar-refractivity contribution in [2.24, 2.45) is 10.8 Å². The topological polar surface area (TPSA) is 64.6 Å². The van der Waals surface area contributed by atoms with Gasteiger partial charge in [-0.1, -0.05) is 41.5 Å². The molecule has 0 heterocycles. The van der Waals surface area contributed by atoms with Gasteiger partial charge in [0.2, 0.25) is 5.91 Å². The molecule has 0 aromatic heterocycles. The van der Waals surface area contributed by atoms with Gasteiger partial charge in [0, 0.05) is 18.4 Å². The van der Waals surface area contributed by atoms with E-state index in [0.29, 0.717) is 32.8 Å². The number of hydrogen-bond acceptors (Lipinski definition) is 4. The Morgan fingerprint density at radius 2 is 1.48 bits per heavy atom. The van der Waals surface area contributed by atoms with Gasteiger partial charge in [-0.15, -0.1) is 0 Å². The second-order valence-corrected chi connectivity index (χ2v) is 7.45. The summed E-state index contributed by atoms with van der Waals surface area (Å²) in [6.45, 7) is 13.6. The Morgan fingerprint density at radius 1 is 0.905 bits per heavy atom. The fourth-order valence-corrected chi connectivity index (χ4v) is 1.55. The Morgan fingerprint density at radius 3 is 2.00 bits per heavy atom. The van der Waals surface area contributed by atoms with Gasteiger partial charge in [-0.2, -0.15) is 0 Å². The number of ketones is 1. The van der Waals surface area contributed by atoms with Crippen LogP contribution in [0.25, 0.3) is 0 Å². The van der Waals surface area contributed by atoms with Crippen molar-refractivity contribution >= 4 is 11.7 Å². The Bertz CT molecular complexity index is 326. The summed E-state index contributed by atoms with van der Waals surface area (Å²) in [6, 6.07) is 0. The molecule has 0 bridgehead atoms. The minimum Gasteiger partial charge on any atom is -0.377 e. The molecule has 5 heteroatoms. The minimum atomic E-state index is -0.378. The number of ether oxygens (including phenoxy) is 2. The number of rotatable bonds is 9. The average molecular weight is 301 g/mol. The molecule has 0 radical (unpaired) electrons. The van der Waals surface area contributed by atoms with Gasteiger partial charge in [-0.05, 0) is 5.41 Å². The third-order valence-electron chi connectivity index (χ3n) is 2.58. The number of carbonyl (C=O) groups is 2. The lowest BCUT2D eigenvalue weighted by atomic mass is 9.90. The van der Waals surface area contributed by atoms with Crippen LogP contribution in [-0.4, -0.2) is 44.7 Å². The maximum Gasteiger partial charge on any atom is 0.225 e. The molecule has 0 aliphatic carbocycles. The molecule has 1 N–H and O–H groups in total. The summed E-state index contributed by atoms with van der Waals surface area (Å²) >= 11 is 0. The van der Waals surface area contributed by atoms with Gasteiger partial charge in [0.25, 0.3) is 0 Å². The van der Waals surface area contributed by atoms with Crippen molar-refractivity contribution in [3.63, 3.8) is 0 Å². The van der Waals surface area contributed by atoms with E-state index in [0.717, 1.165) is 0 Å². The van der Waals surface area contributed by atoms with Crippen LogP contribution in [0.4, 0.5) is 0 Å². The van der Waals surface area contributed by atoms with Gasteiger partial charge in [0.15, 0.2) is 5.78 Å². The number of Topliss-reactive ketones (excluding diaryl/α,β-unsaturated/α-hetero) is 1. The fourth-order valence-electron chi connectivity index (χ4n) is 1.55. The Kier molecular flexibility index (Phi) is 8.74. The Labute approximate surface area is 128 Å². The Hall–Kier alpha value is -0.940. The van der Waals surface area contributed by atoms with Crippen LogP contribution in [0.15, 0.2) is 0 Å². The zero-order valence-electron chi connectivity index (χ0n) is 14.4. The van der Waals surface area contributed by atoms with E-state index in [1.165, 1.54) is 0 Å². The molecule has 1 amide bonds. The lowest BCUT2D eigenvalue weighted by Gasteiger charge is -2.17. The molecule has 0 fully saturated rings. The first-order chi connectivity index (χ1) is 9.52. The zero-order valence-corrected chi connectivity index (χ0v) is 14.4. The molecule has 0 saturated carbocycles. The average Bonchev–Trinajstić information content (AvgIpc) is 2.28. The van der Waals surface area contributed by atoms with Crippen molar-refractivity contribution in [2.45, 2.75) is 48.0 Å². The molecule has 0 aliphatic heterocycles. The maximum atomic E-state index is 11.6. The van der Waals surface area contributed by atoms with E-state index < -0.39 is 0 Å². The number of hydrogen-bond donors (Lipinski definition) is 1. The van der Waals surface area contributed by atoms with Crippen molar-refractivity contribution in [3.8, 4) is 0 Å². The van der Waals surface area contributed by atoms with E-state index >= 15 is 0 Å². The van der Waals surface area contributed by atoms with Crippen LogP contribution in [0.5, 0.6) is 0 Å². The van der Waals surface area contributed by atoms with Gasteiger partial charge in [0.05, 0.1) is 19.8 Å². The monoisotopic (exact) mass is 301 g/mol. The maximum absolute atomic E-state index is 11.6. The summed E-state index contributed by atoms with van der Waals surface area (Å²) in [5.74, 6) is 0.120. The minimum absolute atomic E-state index is 0.00219. The summed E-state index contributed by atoms with van der Waals surface area (Å²) in [4.78, 5) is 23.1. The third-order valence-corrected chi connectivity index (χ3v) is 2.58. The molecular formula is C16H31NO4. The summed E-state index contributed by atoms with van der Waals surface area (Å²) in [5, 5.41) is 2.80. The number of nitrogens with one attached hydrogen (secondary N) is 1. The van der Waals surface area contributed by atoms with Gasteiger partial charge < -0.3 is 14.8 Å². The molecule has 0 spiro atoms. The summed E-state index contributed by atoms with van der Waals surface area (Å²) in [6.07, 6.45) is 0.521. The van der Waals surface area contributed by atoms with Crippen LogP contribution < -0.4 is 5.32 Å². The molecule has 0 aromatic carbocycles. The van der Waals surface area contributed by atoms with Crippen molar-refractivity contribution in [1.82, 2.24) is 5.32 Å². The Balaban J connectivity index is 3.46. The molecule has 124 valence electrons. The SMILES string of the molecule is CC(C)(C)CC(=O)COCCOCCNC(=O)C(C)(C)C. The first-order valence-corrected chi connectivity index (χ1v) is 7.48. The van der Waals surface area contributed by atoms with E-state index in [1.807, 2.05) is 41.5 Å². The summed E-state index contributed by atoms with van der Waals surface area (Å²) in [7, 11) is 0. The molecule has 0 atom stereocenters. The quantitative estimate of drug-likeness (QED) is 0.663. The van der Waals surface area contributed by atoms with Crippen LogP contribution in [0.3, 0.4) is 0 Å². The molecule has 0 aliphatic rings. The van der Waals surface area contributed by atoms with Crippen LogP contribution in [0.1, 0.15) is 48.0 Å². The second kappa shape index (κ2) is 9.15.